The molecule has 2 rings (SSSR count). The number of aromatic nitrogens is 2. The van der Waals surface area contributed by atoms with Gasteiger partial charge >= 0.3 is 6.18 Å². The zero-order valence-corrected chi connectivity index (χ0v) is 12.5. The molecule has 1 aromatic heterocycles. The van der Waals surface area contributed by atoms with E-state index < -0.39 is 11.7 Å². The summed E-state index contributed by atoms with van der Waals surface area (Å²) >= 11 is 5.92. The molecule has 0 saturated carbocycles. The van der Waals surface area contributed by atoms with Gasteiger partial charge in [-0.1, -0.05) is 11.6 Å². The highest BCUT2D eigenvalue weighted by atomic mass is 35.5. The molecule has 0 aliphatic rings. The van der Waals surface area contributed by atoms with E-state index in [0.717, 1.165) is 17.8 Å². The Labute approximate surface area is 125 Å². The number of rotatable bonds is 3. The van der Waals surface area contributed by atoms with Crippen molar-refractivity contribution in [1.82, 2.24) is 9.55 Å². The minimum Gasteiger partial charge on any atom is -0.324 e. The van der Waals surface area contributed by atoms with Crippen molar-refractivity contribution in [2.45, 2.75) is 33.0 Å². The molecule has 114 valence electrons. The van der Waals surface area contributed by atoms with Crippen molar-refractivity contribution in [3.8, 4) is 0 Å². The van der Waals surface area contributed by atoms with E-state index in [1.807, 2.05) is 31.5 Å². The van der Waals surface area contributed by atoms with Crippen molar-refractivity contribution < 1.29 is 13.2 Å². The van der Waals surface area contributed by atoms with Crippen molar-refractivity contribution >= 4 is 23.2 Å². The molecule has 0 fully saturated rings. The van der Waals surface area contributed by atoms with Gasteiger partial charge in [-0.3, -0.25) is 0 Å². The van der Waals surface area contributed by atoms with Crippen LogP contribution >= 0.6 is 11.6 Å². The smallest absolute Gasteiger partial charge is 0.324 e. The van der Waals surface area contributed by atoms with Crippen LogP contribution in [0.3, 0.4) is 0 Å². The van der Waals surface area contributed by atoms with E-state index in [-0.39, 0.29) is 11.1 Å². The van der Waals surface area contributed by atoms with Crippen LogP contribution in [0, 0.1) is 6.92 Å². The van der Waals surface area contributed by atoms with E-state index in [2.05, 4.69) is 10.3 Å². The van der Waals surface area contributed by atoms with Crippen LogP contribution in [-0.4, -0.2) is 9.55 Å². The van der Waals surface area contributed by atoms with Crippen LogP contribution < -0.4 is 5.32 Å². The largest absolute Gasteiger partial charge is 0.416 e. The molecule has 0 amide bonds. The van der Waals surface area contributed by atoms with Gasteiger partial charge in [0.05, 0.1) is 22.0 Å². The third-order valence-electron chi connectivity index (χ3n) is 2.95. The Kier molecular flexibility index (Phi) is 4.18. The molecular weight excluding hydrogens is 303 g/mol. The minimum absolute atomic E-state index is 0.000726. The minimum atomic E-state index is -4.41. The van der Waals surface area contributed by atoms with E-state index in [1.165, 1.54) is 6.07 Å². The Hall–Kier alpha value is -1.69. The second-order valence-corrected chi connectivity index (χ2v) is 5.43. The van der Waals surface area contributed by atoms with E-state index in [4.69, 9.17) is 11.6 Å². The summed E-state index contributed by atoms with van der Waals surface area (Å²) in [4.78, 5) is 4.31. The predicted octanol–water partition coefficient (Wildman–Crippen LogP) is 5.19. The van der Waals surface area contributed by atoms with Gasteiger partial charge in [0.1, 0.15) is 0 Å². The van der Waals surface area contributed by atoms with E-state index in [0.29, 0.717) is 11.6 Å². The highest BCUT2D eigenvalue weighted by Gasteiger charge is 2.31. The zero-order chi connectivity index (χ0) is 15.8. The molecular formula is C14H15ClF3N3. The summed E-state index contributed by atoms with van der Waals surface area (Å²) in [7, 11) is 0. The van der Waals surface area contributed by atoms with E-state index in [1.54, 1.807) is 0 Å². The fourth-order valence-electron chi connectivity index (χ4n) is 1.92. The average molecular weight is 318 g/mol. The van der Waals surface area contributed by atoms with E-state index in [9.17, 15) is 13.2 Å². The monoisotopic (exact) mass is 317 g/mol. The third-order valence-corrected chi connectivity index (χ3v) is 3.26. The number of halogens is 4. The summed E-state index contributed by atoms with van der Waals surface area (Å²) in [6, 6.07) is 3.37. The van der Waals surface area contributed by atoms with Crippen molar-refractivity contribution in [2.75, 3.05) is 5.32 Å². The van der Waals surface area contributed by atoms with Gasteiger partial charge in [0, 0.05) is 12.2 Å². The molecule has 21 heavy (non-hydrogen) atoms. The summed E-state index contributed by atoms with van der Waals surface area (Å²) in [6.45, 7) is 5.82. The topological polar surface area (TPSA) is 29.9 Å². The summed E-state index contributed by atoms with van der Waals surface area (Å²) in [5.41, 5.74) is 0.424. The second kappa shape index (κ2) is 5.60. The van der Waals surface area contributed by atoms with Crippen LogP contribution in [0.5, 0.6) is 0 Å². The summed E-state index contributed by atoms with van der Waals surface area (Å²) in [6.07, 6.45) is -2.54. The highest BCUT2D eigenvalue weighted by molar-refractivity contribution is 6.33. The molecule has 1 heterocycles. The van der Waals surface area contributed by atoms with Gasteiger partial charge in [0.2, 0.25) is 5.95 Å². The Bertz CT molecular complexity index is 647. The van der Waals surface area contributed by atoms with Gasteiger partial charge in [-0.05, 0) is 39.0 Å². The maximum atomic E-state index is 12.6. The maximum Gasteiger partial charge on any atom is 0.416 e. The molecule has 1 N–H and O–H groups in total. The van der Waals surface area contributed by atoms with Gasteiger partial charge in [-0.2, -0.15) is 13.2 Å². The Morgan fingerprint density at radius 3 is 2.48 bits per heavy atom. The van der Waals surface area contributed by atoms with Crippen LogP contribution in [0.1, 0.15) is 31.1 Å². The SMILES string of the molecule is Cc1cn(C(C)C)c(Nc2ccc(C(F)(F)F)cc2Cl)n1. The molecule has 0 bridgehead atoms. The van der Waals surface area contributed by atoms with Crippen molar-refractivity contribution in [2.24, 2.45) is 0 Å². The lowest BCUT2D eigenvalue weighted by Gasteiger charge is -2.14. The standard InChI is InChI=1S/C14H15ClF3N3/c1-8(2)21-7-9(3)19-13(21)20-12-5-4-10(6-11(12)15)14(16,17)18/h4-8H,1-3H3,(H,19,20). The van der Waals surface area contributed by atoms with Gasteiger partial charge in [-0.15, -0.1) is 0 Å². The fourth-order valence-corrected chi connectivity index (χ4v) is 2.14. The molecule has 0 aliphatic carbocycles. The molecule has 7 heteroatoms. The number of nitrogens with one attached hydrogen (secondary N) is 1. The molecule has 0 aliphatic heterocycles. The number of benzene rings is 1. The number of hydrogen-bond acceptors (Lipinski definition) is 2. The predicted molar refractivity (Wildman–Crippen MR) is 77.1 cm³/mol. The number of alkyl halides is 3. The van der Waals surface area contributed by atoms with Crippen LogP contribution in [0.2, 0.25) is 5.02 Å². The Balaban J connectivity index is 2.33. The number of imidazole rings is 1. The lowest BCUT2D eigenvalue weighted by atomic mass is 10.2. The first kappa shape index (κ1) is 15.7. The number of hydrogen-bond donors (Lipinski definition) is 1. The van der Waals surface area contributed by atoms with Crippen molar-refractivity contribution in [1.29, 1.82) is 0 Å². The van der Waals surface area contributed by atoms with Crippen molar-refractivity contribution in [3.05, 3.63) is 40.7 Å². The lowest BCUT2D eigenvalue weighted by molar-refractivity contribution is -0.137. The molecule has 0 saturated heterocycles. The lowest BCUT2D eigenvalue weighted by Crippen LogP contribution is -2.07. The van der Waals surface area contributed by atoms with Gasteiger partial charge in [-0.25, -0.2) is 4.98 Å². The average Bonchev–Trinajstić information content (AvgIpc) is 2.72. The fraction of sp³-hybridized carbons (Fsp3) is 0.357. The Morgan fingerprint density at radius 1 is 1.29 bits per heavy atom. The van der Waals surface area contributed by atoms with Crippen LogP contribution in [-0.2, 0) is 6.18 Å². The Morgan fingerprint density at radius 2 is 1.95 bits per heavy atom. The molecule has 2 aromatic rings. The van der Waals surface area contributed by atoms with Gasteiger partial charge in [0.15, 0.2) is 0 Å². The number of anilines is 2. The molecule has 0 unspecified atom stereocenters. The first-order valence-electron chi connectivity index (χ1n) is 6.37. The molecule has 3 nitrogen and oxygen atoms in total. The third kappa shape index (κ3) is 3.50. The van der Waals surface area contributed by atoms with Crippen LogP contribution in [0.25, 0.3) is 0 Å². The summed E-state index contributed by atoms with van der Waals surface area (Å²) < 4.78 is 39.7. The first-order chi connectivity index (χ1) is 9.68. The molecule has 1 aromatic carbocycles. The summed E-state index contributed by atoms with van der Waals surface area (Å²) in [5.74, 6) is 0.546. The molecule has 0 radical (unpaired) electrons. The van der Waals surface area contributed by atoms with Crippen LogP contribution in [0.4, 0.5) is 24.8 Å². The summed E-state index contributed by atoms with van der Waals surface area (Å²) in [5, 5.41) is 2.97. The number of aryl methyl sites for hydroxylation is 1. The van der Waals surface area contributed by atoms with E-state index >= 15 is 0 Å². The normalized spacial score (nSPS) is 12.0. The van der Waals surface area contributed by atoms with Gasteiger partial charge < -0.3 is 9.88 Å². The first-order valence-corrected chi connectivity index (χ1v) is 6.75. The second-order valence-electron chi connectivity index (χ2n) is 5.02. The zero-order valence-electron chi connectivity index (χ0n) is 11.8. The quantitative estimate of drug-likeness (QED) is 0.844. The molecule has 0 atom stereocenters. The maximum absolute atomic E-state index is 12.6. The molecule has 0 spiro atoms. The number of nitrogens with zero attached hydrogens (tertiary/aromatic N) is 2. The highest BCUT2D eigenvalue weighted by Crippen LogP contribution is 2.34. The van der Waals surface area contributed by atoms with Gasteiger partial charge in [0.25, 0.3) is 0 Å². The van der Waals surface area contributed by atoms with Crippen molar-refractivity contribution in [3.63, 3.8) is 0 Å². The van der Waals surface area contributed by atoms with Crippen LogP contribution in [0.15, 0.2) is 24.4 Å².